The third-order valence-corrected chi connectivity index (χ3v) is 13.3. The van der Waals surface area contributed by atoms with E-state index < -0.39 is 0 Å². The van der Waals surface area contributed by atoms with E-state index >= 15 is 0 Å². The van der Waals surface area contributed by atoms with Crippen molar-refractivity contribution in [2.45, 2.75) is 0 Å². The Hall–Kier alpha value is -7.04. The van der Waals surface area contributed by atoms with E-state index in [-0.39, 0.29) is 0 Å². The number of thiophene rings is 2. The van der Waals surface area contributed by atoms with Crippen LogP contribution < -0.4 is 4.90 Å². The lowest BCUT2D eigenvalue weighted by Gasteiger charge is -2.26. The number of fused-ring (bicyclic) bond motifs is 6. The molecule has 0 aliphatic rings. The van der Waals surface area contributed by atoms with E-state index in [1.165, 1.54) is 86.6 Å². The third kappa shape index (κ3) is 6.33. The quantitative estimate of drug-likeness (QED) is 0.139. The highest BCUT2D eigenvalue weighted by atomic mass is 32.1. The maximum absolute atomic E-state index is 2.46. The van der Waals surface area contributed by atoms with Crippen LogP contribution in [-0.2, 0) is 0 Å². The zero-order chi connectivity index (χ0) is 39.1. The Labute approximate surface area is 352 Å². The summed E-state index contributed by atoms with van der Waals surface area (Å²) in [7, 11) is 0. The Morgan fingerprint density at radius 1 is 0.288 bits per heavy atom. The Balaban J connectivity index is 1.25. The first-order valence-electron chi connectivity index (χ1n) is 20.0. The van der Waals surface area contributed by atoms with E-state index in [1.54, 1.807) is 22.7 Å². The molecule has 11 aromatic rings. The molecule has 0 atom stereocenters. The van der Waals surface area contributed by atoms with Crippen LogP contribution in [0.25, 0.3) is 86.6 Å². The van der Waals surface area contributed by atoms with Gasteiger partial charge in [0.05, 0.1) is 0 Å². The molecule has 59 heavy (non-hydrogen) atoms. The minimum absolute atomic E-state index is 1.11. The number of rotatable bonds is 8. The van der Waals surface area contributed by atoms with Crippen molar-refractivity contribution < 1.29 is 0 Å². The van der Waals surface area contributed by atoms with Crippen LogP contribution >= 0.6 is 22.7 Å². The summed E-state index contributed by atoms with van der Waals surface area (Å²) in [5.74, 6) is 0. The fourth-order valence-corrected chi connectivity index (χ4v) is 10.2. The highest BCUT2D eigenvalue weighted by Crippen LogP contribution is 2.50. The molecule has 0 N–H and O–H groups in total. The fourth-order valence-electron chi connectivity index (χ4n) is 8.76. The molecule has 0 radical (unpaired) electrons. The summed E-state index contributed by atoms with van der Waals surface area (Å²) in [5.41, 5.74) is 13.1. The molecule has 2 heterocycles. The van der Waals surface area contributed by atoms with Crippen LogP contribution in [0, 0.1) is 0 Å². The molecule has 0 unspecified atom stereocenters. The van der Waals surface area contributed by atoms with Crippen molar-refractivity contribution in [1.82, 2.24) is 0 Å². The van der Waals surface area contributed by atoms with Crippen LogP contribution in [0.4, 0.5) is 17.1 Å². The molecular formula is C56H37NS2. The van der Waals surface area contributed by atoms with E-state index in [9.17, 15) is 0 Å². The summed E-state index contributed by atoms with van der Waals surface area (Å²) in [4.78, 5) is 4.88. The van der Waals surface area contributed by atoms with Crippen molar-refractivity contribution in [3.8, 4) is 54.3 Å². The topological polar surface area (TPSA) is 3.24 Å². The Bertz CT molecular complexity index is 3170. The largest absolute Gasteiger partial charge is 0.311 e. The summed E-state index contributed by atoms with van der Waals surface area (Å²) in [6.45, 7) is 0. The number of hydrogen-bond donors (Lipinski definition) is 0. The van der Waals surface area contributed by atoms with Gasteiger partial charge in [0.1, 0.15) is 0 Å². The van der Waals surface area contributed by atoms with Crippen molar-refractivity contribution in [2.24, 2.45) is 0 Å². The molecule has 0 saturated heterocycles. The minimum Gasteiger partial charge on any atom is -0.311 e. The van der Waals surface area contributed by atoms with Gasteiger partial charge in [-0.1, -0.05) is 146 Å². The first kappa shape index (κ1) is 35.1. The Morgan fingerprint density at radius 3 is 1.24 bits per heavy atom. The van der Waals surface area contributed by atoms with Crippen LogP contribution in [0.5, 0.6) is 0 Å². The Morgan fingerprint density at radius 2 is 0.729 bits per heavy atom. The molecule has 3 heteroatoms. The number of nitrogens with zero attached hydrogens (tertiary/aromatic N) is 1. The standard InChI is InChI=1S/C56H37NS2/c1-5-15-38(16-6-1)48-37-49(39-25-29-45(30-26-39)57(43-19-9-3-10-20-43)44-21-11-4-12-22-44)55-46-31-27-41(52-23-13-33-58-52)35-50(46)51-36-42(53-24-14-34-59-53)28-32-47(51)56(55)54(48)40-17-7-2-8-18-40/h1-37H. The molecule has 0 saturated carbocycles. The van der Waals surface area contributed by atoms with E-state index in [2.05, 4.69) is 228 Å². The maximum Gasteiger partial charge on any atom is 0.0462 e. The molecule has 2 aromatic heterocycles. The normalized spacial score (nSPS) is 11.4. The summed E-state index contributed by atoms with van der Waals surface area (Å²) >= 11 is 3.58. The van der Waals surface area contributed by atoms with E-state index in [0.717, 1.165) is 17.1 Å². The molecular weight excluding hydrogens is 751 g/mol. The van der Waals surface area contributed by atoms with Gasteiger partial charge in [0.25, 0.3) is 0 Å². The number of para-hydroxylation sites is 2. The molecule has 0 aliphatic heterocycles. The van der Waals surface area contributed by atoms with Gasteiger partial charge in [0.15, 0.2) is 0 Å². The molecule has 0 amide bonds. The summed E-state index contributed by atoms with van der Waals surface area (Å²) in [5, 5.41) is 11.9. The zero-order valence-electron chi connectivity index (χ0n) is 32.1. The molecule has 0 fully saturated rings. The predicted octanol–water partition coefficient (Wildman–Crippen LogP) is 17.1. The van der Waals surface area contributed by atoms with Gasteiger partial charge in [-0.15, -0.1) is 22.7 Å². The molecule has 11 rings (SSSR count). The summed E-state index contributed by atoms with van der Waals surface area (Å²) in [6.07, 6.45) is 0. The van der Waals surface area contributed by atoms with Gasteiger partial charge in [-0.3, -0.25) is 0 Å². The smallest absolute Gasteiger partial charge is 0.0462 e. The van der Waals surface area contributed by atoms with Crippen LogP contribution in [0.3, 0.4) is 0 Å². The number of hydrogen-bond acceptors (Lipinski definition) is 3. The lowest BCUT2D eigenvalue weighted by atomic mass is 9.81. The van der Waals surface area contributed by atoms with Crippen molar-refractivity contribution in [1.29, 1.82) is 0 Å². The molecule has 0 spiro atoms. The lowest BCUT2D eigenvalue weighted by Crippen LogP contribution is -2.09. The monoisotopic (exact) mass is 787 g/mol. The fraction of sp³-hybridized carbons (Fsp3) is 0. The SMILES string of the molecule is c1ccc(-c2cc(-c3ccc(N(c4ccccc4)c4ccccc4)cc3)c3c4ccc(-c5cccs5)cc4c4cc(-c5cccs5)ccc4c3c2-c2ccccc2)cc1. The second kappa shape index (κ2) is 15.0. The van der Waals surface area contributed by atoms with Gasteiger partial charge >= 0.3 is 0 Å². The van der Waals surface area contributed by atoms with Gasteiger partial charge in [-0.2, -0.15) is 0 Å². The predicted molar refractivity (Wildman–Crippen MR) is 257 cm³/mol. The van der Waals surface area contributed by atoms with Crippen molar-refractivity contribution in [3.05, 3.63) is 223 Å². The zero-order valence-corrected chi connectivity index (χ0v) is 33.8. The van der Waals surface area contributed by atoms with Crippen molar-refractivity contribution in [3.63, 3.8) is 0 Å². The number of benzene rings is 9. The van der Waals surface area contributed by atoms with Crippen LogP contribution in [-0.4, -0.2) is 0 Å². The van der Waals surface area contributed by atoms with E-state index in [4.69, 9.17) is 0 Å². The van der Waals surface area contributed by atoms with E-state index in [1.807, 2.05) is 0 Å². The van der Waals surface area contributed by atoms with Gasteiger partial charge in [-0.05, 0) is 154 Å². The molecule has 0 aliphatic carbocycles. The lowest BCUT2D eigenvalue weighted by molar-refractivity contribution is 1.28. The van der Waals surface area contributed by atoms with Crippen LogP contribution in [0.1, 0.15) is 0 Å². The van der Waals surface area contributed by atoms with Gasteiger partial charge in [0, 0.05) is 26.8 Å². The first-order chi connectivity index (χ1) is 29.3. The highest BCUT2D eigenvalue weighted by molar-refractivity contribution is 7.13. The van der Waals surface area contributed by atoms with Gasteiger partial charge in [-0.25, -0.2) is 0 Å². The maximum atomic E-state index is 2.46. The molecule has 9 aromatic carbocycles. The van der Waals surface area contributed by atoms with Crippen molar-refractivity contribution >= 4 is 72.1 Å². The van der Waals surface area contributed by atoms with Crippen molar-refractivity contribution in [2.75, 3.05) is 4.90 Å². The second-order valence-corrected chi connectivity index (χ2v) is 16.8. The Kier molecular flexibility index (Phi) is 8.96. The third-order valence-electron chi connectivity index (χ3n) is 11.4. The molecule has 0 bridgehead atoms. The molecule has 1 nitrogen and oxygen atoms in total. The van der Waals surface area contributed by atoms with Crippen LogP contribution in [0.2, 0.25) is 0 Å². The first-order valence-corrected chi connectivity index (χ1v) is 21.7. The second-order valence-electron chi connectivity index (χ2n) is 14.9. The summed E-state index contributed by atoms with van der Waals surface area (Å²) < 4.78 is 0. The minimum atomic E-state index is 1.11. The highest BCUT2D eigenvalue weighted by Gasteiger charge is 2.23. The van der Waals surface area contributed by atoms with Gasteiger partial charge < -0.3 is 4.90 Å². The van der Waals surface area contributed by atoms with Gasteiger partial charge in [0.2, 0.25) is 0 Å². The van der Waals surface area contributed by atoms with Crippen LogP contribution in [0.15, 0.2) is 223 Å². The average Bonchev–Trinajstić information content (AvgIpc) is 4.07. The molecule has 278 valence electrons. The van der Waals surface area contributed by atoms with E-state index in [0.29, 0.717) is 0 Å². The number of anilines is 3. The average molecular weight is 788 g/mol. The summed E-state index contributed by atoms with van der Waals surface area (Å²) in [6, 6.07) is 77.8.